The first-order valence-electron chi connectivity index (χ1n) is 9.25. The van der Waals surface area contributed by atoms with Crippen molar-refractivity contribution in [3.8, 4) is 22.4 Å². The predicted octanol–water partition coefficient (Wildman–Crippen LogP) is 4.19. The Morgan fingerprint density at radius 3 is 2.73 bits per heavy atom. The summed E-state index contributed by atoms with van der Waals surface area (Å²) < 4.78 is 7.70. The minimum Gasteiger partial charge on any atom is -0.376 e. The van der Waals surface area contributed by atoms with E-state index in [4.69, 9.17) is 4.74 Å². The van der Waals surface area contributed by atoms with Crippen LogP contribution in [-0.4, -0.2) is 32.7 Å². The van der Waals surface area contributed by atoms with Crippen LogP contribution in [-0.2, 0) is 11.3 Å². The van der Waals surface area contributed by atoms with E-state index in [0.29, 0.717) is 0 Å². The van der Waals surface area contributed by atoms with Crippen LogP contribution < -0.4 is 0 Å². The van der Waals surface area contributed by atoms with Gasteiger partial charge in [-0.1, -0.05) is 29.5 Å². The number of hydrogen-bond donors (Lipinski definition) is 0. The van der Waals surface area contributed by atoms with Gasteiger partial charge in [-0.15, -0.1) is 5.10 Å². The summed E-state index contributed by atoms with van der Waals surface area (Å²) in [5, 5.41) is 8.67. The number of aromatic nitrogens is 4. The first kappa shape index (κ1) is 16.9. The molecule has 5 heteroatoms. The van der Waals surface area contributed by atoms with E-state index in [1.165, 1.54) is 24.0 Å². The lowest BCUT2D eigenvalue weighted by molar-refractivity contribution is 0.00370. The fourth-order valence-electron chi connectivity index (χ4n) is 3.44. The molecule has 1 aliphatic heterocycles. The van der Waals surface area contributed by atoms with Gasteiger partial charge in [-0.2, -0.15) is 0 Å². The molecule has 1 saturated heterocycles. The summed E-state index contributed by atoms with van der Waals surface area (Å²) in [6.07, 6.45) is 7.71. The van der Waals surface area contributed by atoms with Crippen LogP contribution >= 0.6 is 0 Å². The molecule has 0 N–H and O–H groups in total. The molecule has 1 aromatic carbocycles. The molecule has 0 amide bonds. The Kier molecular flexibility index (Phi) is 4.80. The van der Waals surface area contributed by atoms with Gasteiger partial charge in [0, 0.05) is 29.6 Å². The van der Waals surface area contributed by atoms with Crippen LogP contribution in [0.4, 0.5) is 0 Å². The Morgan fingerprint density at radius 2 is 2.00 bits per heavy atom. The van der Waals surface area contributed by atoms with Crippen molar-refractivity contribution in [2.75, 3.05) is 6.61 Å². The fourth-order valence-corrected chi connectivity index (χ4v) is 3.44. The highest BCUT2D eigenvalue weighted by Gasteiger charge is 2.16. The molecule has 5 nitrogen and oxygen atoms in total. The van der Waals surface area contributed by atoms with E-state index in [0.717, 1.165) is 42.1 Å². The van der Waals surface area contributed by atoms with E-state index in [2.05, 4.69) is 46.5 Å². The second-order valence-electron chi connectivity index (χ2n) is 7.03. The molecule has 1 unspecified atom stereocenters. The van der Waals surface area contributed by atoms with E-state index in [1.807, 2.05) is 30.1 Å². The summed E-state index contributed by atoms with van der Waals surface area (Å²) in [5.41, 5.74) is 6.53. The average Bonchev–Trinajstić information content (AvgIpc) is 3.11. The van der Waals surface area contributed by atoms with Gasteiger partial charge in [0.2, 0.25) is 0 Å². The van der Waals surface area contributed by atoms with Crippen molar-refractivity contribution in [2.24, 2.45) is 0 Å². The van der Waals surface area contributed by atoms with E-state index in [9.17, 15) is 0 Å². The molecule has 1 fully saturated rings. The van der Waals surface area contributed by atoms with E-state index in [1.54, 1.807) is 0 Å². The van der Waals surface area contributed by atoms with Gasteiger partial charge >= 0.3 is 0 Å². The molecule has 0 aliphatic carbocycles. The maximum Gasteiger partial charge on any atom is 0.113 e. The quantitative estimate of drug-likeness (QED) is 0.709. The highest BCUT2D eigenvalue weighted by atomic mass is 16.5. The molecule has 4 rings (SSSR count). The normalized spacial score (nSPS) is 17.4. The predicted molar refractivity (Wildman–Crippen MR) is 102 cm³/mol. The van der Waals surface area contributed by atoms with Gasteiger partial charge in [0.1, 0.15) is 5.69 Å². The summed E-state index contributed by atoms with van der Waals surface area (Å²) in [5.74, 6) is 0. The van der Waals surface area contributed by atoms with Gasteiger partial charge in [-0.25, -0.2) is 4.68 Å². The second-order valence-corrected chi connectivity index (χ2v) is 7.03. The third-order valence-electron chi connectivity index (χ3n) is 4.95. The molecule has 26 heavy (non-hydrogen) atoms. The van der Waals surface area contributed by atoms with Crippen LogP contribution in [0.15, 0.2) is 42.7 Å². The van der Waals surface area contributed by atoms with Crippen LogP contribution in [0.3, 0.4) is 0 Å². The number of rotatable bonds is 4. The third kappa shape index (κ3) is 3.68. The number of nitrogens with zero attached hydrogens (tertiary/aromatic N) is 4. The number of aryl methyl sites for hydroxylation is 2. The molecule has 0 spiro atoms. The van der Waals surface area contributed by atoms with Crippen molar-refractivity contribution < 1.29 is 4.74 Å². The molecule has 1 aliphatic rings. The number of benzene rings is 1. The number of hydrogen-bond acceptors (Lipinski definition) is 4. The average molecular weight is 348 g/mol. The Bertz CT molecular complexity index is 879. The van der Waals surface area contributed by atoms with Crippen molar-refractivity contribution in [1.29, 1.82) is 0 Å². The first-order valence-corrected chi connectivity index (χ1v) is 9.25. The lowest BCUT2D eigenvalue weighted by Gasteiger charge is -2.21. The second kappa shape index (κ2) is 7.38. The van der Waals surface area contributed by atoms with Crippen LogP contribution in [0.1, 0.15) is 30.5 Å². The molecule has 0 radical (unpaired) electrons. The molecule has 1 atom stereocenters. The van der Waals surface area contributed by atoms with Gasteiger partial charge in [-0.3, -0.25) is 4.98 Å². The minimum absolute atomic E-state index is 0.260. The largest absolute Gasteiger partial charge is 0.376 e. The Morgan fingerprint density at radius 1 is 1.12 bits per heavy atom. The summed E-state index contributed by atoms with van der Waals surface area (Å²) in [6.45, 7) is 5.75. The molecule has 0 saturated carbocycles. The van der Waals surface area contributed by atoms with Gasteiger partial charge in [-0.05, 0) is 50.3 Å². The van der Waals surface area contributed by atoms with Crippen LogP contribution in [0.5, 0.6) is 0 Å². The highest BCUT2D eigenvalue weighted by Crippen LogP contribution is 2.27. The molecule has 0 bridgehead atoms. The van der Waals surface area contributed by atoms with Crippen molar-refractivity contribution in [2.45, 2.75) is 45.8 Å². The van der Waals surface area contributed by atoms with Crippen LogP contribution in [0.2, 0.25) is 0 Å². The molecule has 3 aromatic rings. The Hall–Kier alpha value is -2.53. The minimum atomic E-state index is 0.260. The molecular weight excluding hydrogens is 324 g/mol. The summed E-state index contributed by atoms with van der Waals surface area (Å²) in [4.78, 5) is 4.39. The van der Waals surface area contributed by atoms with Gasteiger partial charge in [0.25, 0.3) is 0 Å². The van der Waals surface area contributed by atoms with Gasteiger partial charge in [0.05, 0.1) is 18.8 Å². The number of ether oxygens (including phenoxy) is 1. The maximum absolute atomic E-state index is 5.80. The molecular formula is C21H24N4O. The standard InChI is InChI=1S/C21H24N4O/c1-15-11-17(18-7-6-16(2)22-12-18)8-9-20(15)21-14-25(24-23-21)13-19-5-3-4-10-26-19/h6-9,11-12,14,19H,3-5,10,13H2,1-2H3. The zero-order valence-corrected chi connectivity index (χ0v) is 15.4. The van der Waals surface area contributed by atoms with Crippen molar-refractivity contribution in [3.63, 3.8) is 0 Å². The fraction of sp³-hybridized carbons (Fsp3) is 0.381. The van der Waals surface area contributed by atoms with Crippen LogP contribution in [0.25, 0.3) is 22.4 Å². The zero-order valence-electron chi connectivity index (χ0n) is 15.4. The van der Waals surface area contributed by atoms with E-state index >= 15 is 0 Å². The summed E-state index contributed by atoms with van der Waals surface area (Å²) in [7, 11) is 0. The third-order valence-corrected chi connectivity index (χ3v) is 4.95. The molecule has 3 heterocycles. The summed E-state index contributed by atoms with van der Waals surface area (Å²) >= 11 is 0. The number of pyridine rings is 1. The lowest BCUT2D eigenvalue weighted by Crippen LogP contribution is -2.24. The monoisotopic (exact) mass is 348 g/mol. The zero-order chi connectivity index (χ0) is 17.9. The highest BCUT2D eigenvalue weighted by molar-refractivity contribution is 5.71. The van der Waals surface area contributed by atoms with Crippen molar-refractivity contribution in [1.82, 2.24) is 20.0 Å². The topological polar surface area (TPSA) is 52.8 Å². The maximum atomic E-state index is 5.80. The van der Waals surface area contributed by atoms with Crippen LogP contribution in [0, 0.1) is 13.8 Å². The lowest BCUT2D eigenvalue weighted by atomic mass is 9.99. The van der Waals surface area contributed by atoms with Crippen molar-refractivity contribution >= 4 is 0 Å². The Labute approximate surface area is 154 Å². The summed E-state index contributed by atoms with van der Waals surface area (Å²) in [6, 6.07) is 10.6. The molecule has 134 valence electrons. The first-order chi connectivity index (χ1) is 12.7. The molecule has 2 aromatic heterocycles. The van der Waals surface area contributed by atoms with E-state index in [-0.39, 0.29) is 6.10 Å². The smallest absolute Gasteiger partial charge is 0.113 e. The van der Waals surface area contributed by atoms with Crippen molar-refractivity contribution in [3.05, 3.63) is 54.0 Å². The van der Waals surface area contributed by atoms with Gasteiger partial charge < -0.3 is 4.74 Å². The van der Waals surface area contributed by atoms with E-state index < -0.39 is 0 Å². The SMILES string of the molecule is Cc1ccc(-c2ccc(-c3cn(CC4CCCCO4)nn3)c(C)c2)cn1. The van der Waals surface area contributed by atoms with Gasteiger partial charge in [0.15, 0.2) is 0 Å². The Balaban J connectivity index is 1.53.